The van der Waals surface area contributed by atoms with E-state index in [9.17, 15) is 13.0 Å². The number of nitrogens with two attached hydrogens (primary N) is 1. The average Bonchev–Trinajstić information content (AvgIpc) is 2.36. The maximum Gasteiger partial charge on any atom is 0.160 e. The van der Waals surface area contributed by atoms with Gasteiger partial charge < -0.3 is 5.73 Å². The molecule has 0 fully saturated rings. The molecule has 2 rings (SSSR count). The highest BCUT2D eigenvalue weighted by atomic mass is 79.9. The number of benzene rings is 2. The zero-order valence-electron chi connectivity index (χ0n) is 9.70. The normalized spacial score (nSPS) is 12.4. The number of hydrogen-bond acceptors (Lipinski definition) is 2. The van der Waals surface area contributed by atoms with E-state index in [0.29, 0.717) is 11.3 Å². The first kappa shape index (κ1) is 14.1. The van der Waals surface area contributed by atoms with Crippen molar-refractivity contribution in [3.8, 4) is 0 Å². The predicted molar refractivity (Wildman–Crippen MR) is 75.0 cm³/mol. The van der Waals surface area contributed by atoms with Crippen molar-refractivity contribution in [2.45, 2.75) is 10.6 Å². The smallest absolute Gasteiger partial charge is 0.160 e. The zero-order valence-corrected chi connectivity index (χ0v) is 12.1. The van der Waals surface area contributed by atoms with Gasteiger partial charge in [0.25, 0.3) is 0 Å². The van der Waals surface area contributed by atoms with Crippen molar-refractivity contribution in [3.05, 3.63) is 58.1 Å². The molecule has 2 aromatic carbocycles. The van der Waals surface area contributed by atoms with E-state index in [-0.39, 0.29) is 10.6 Å². The van der Waals surface area contributed by atoms with Crippen molar-refractivity contribution in [2.75, 3.05) is 5.73 Å². The van der Waals surface area contributed by atoms with E-state index in [4.69, 9.17) is 5.73 Å². The van der Waals surface area contributed by atoms with E-state index in [1.54, 1.807) is 18.2 Å². The molecule has 0 bridgehead atoms. The number of nitrogen functional groups attached to an aromatic ring is 1. The fraction of sp³-hybridized carbons (Fsp3) is 0.0769. The van der Waals surface area contributed by atoms with Crippen LogP contribution in [0.15, 0.2) is 45.8 Å². The summed E-state index contributed by atoms with van der Waals surface area (Å²) in [6.45, 7) is 0. The molecule has 0 heterocycles. The molecule has 19 heavy (non-hydrogen) atoms. The van der Waals surface area contributed by atoms with Gasteiger partial charge in [0.1, 0.15) is 0 Å². The van der Waals surface area contributed by atoms with Gasteiger partial charge in [-0.2, -0.15) is 0 Å². The third-order valence-corrected chi connectivity index (χ3v) is 4.39. The van der Waals surface area contributed by atoms with E-state index in [0.717, 1.165) is 16.6 Å². The van der Waals surface area contributed by atoms with Gasteiger partial charge in [-0.15, -0.1) is 0 Å². The summed E-state index contributed by atoms with van der Waals surface area (Å²) in [4.78, 5) is 0.237. The summed E-state index contributed by atoms with van der Waals surface area (Å²) in [6.07, 6.45) is 0. The molecule has 0 saturated heterocycles. The molecule has 0 aliphatic rings. The molecule has 0 amide bonds. The third-order valence-electron chi connectivity index (χ3n) is 2.55. The highest BCUT2D eigenvalue weighted by Crippen LogP contribution is 2.22. The van der Waals surface area contributed by atoms with Crippen LogP contribution in [0.3, 0.4) is 0 Å². The van der Waals surface area contributed by atoms with Crippen LogP contribution in [0.5, 0.6) is 0 Å². The average molecular weight is 346 g/mol. The maximum absolute atomic E-state index is 13.1. The van der Waals surface area contributed by atoms with Gasteiger partial charge in [0.05, 0.1) is 16.6 Å². The lowest BCUT2D eigenvalue weighted by molar-refractivity contribution is 0.505. The lowest BCUT2D eigenvalue weighted by Crippen LogP contribution is -2.01. The Bertz CT molecular complexity index is 649. The van der Waals surface area contributed by atoms with Gasteiger partial charge >= 0.3 is 0 Å². The van der Waals surface area contributed by atoms with Crippen LogP contribution < -0.4 is 5.73 Å². The first-order valence-electron chi connectivity index (χ1n) is 5.34. The Hall–Kier alpha value is -1.27. The molecule has 0 aliphatic heterocycles. The van der Waals surface area contributed by atoms with Crippen LogP contribution in [0.4, 0.5) is 14.5 Å². The Balaban J connectivity index is 2.23. The van der Waals surface area contributed by atoms with Gasteiger partial charge in [-0.25, -0.2) is 8.78 Å². The minimum atomic E-state index is -1.47. The molecule has 0 aromatic heterocycles. The van der Waals surface area contributed by atoms with Crippen LogP contribution >= 0.6 is 15.9 Å². The molecule has 6 heteroatoms. The molecule has 0 radical (unpaired) electrons. The van der Waals surface area contributed by atoms with Crippen LogP contribution in [0.1, 0.15) is 5.56 Å². The fourth-order valence-corrected chi connectivity index (χ4v) is 3.09. The van der Waals surface area contributed by atoms with Crippen LogP contribution in [0.25, 0.3) is 0 Å². The summed E-state index contributed by atoms with van der Waals surface area (Å²) in [5.41, 5.74) is 7.01. The Morgan fingerprint density at radius 2 is 1.84 bits per heavy atom. The molecule has 0 aliphatic carbocycles. The second kappa shape index (κ2) is 5.79. The van der Waals surface area contributed by atoms with Gasteiger partial charge in [0.2, 0.25) is 0 Å². The van der Waals surface area contributed by atoms with Crippen molar-refractivity contribution < 1.29 is 13.0 Å². The molecule has 0 spiro atoms. The molecule has 2 N–H and O–H groups in total. The monoisotopic (exact) mass is 345 g/mol. The summed E-state index contributed by atoms with van der Waals surface area (Å²) in [5, 5.41) is 0. The van der Waals surface area contributed by atoms with Crippen molar-refractivity contribution in [1.29, 1.82) is 0 Å². The molecule has 100 valence electrons. The van der Waals surface area contributed by atoms with Gasteiger partial charge in [-0.1, -0.05) is 22.0 Å². The van der Waals surface area contributed by atoms with Crippen molar-refractivity contribution in [1.82, 2.24) is 0 Å². The Morgan fingerprint density at radius 1 is 1.11 bits per heavy atom. The predicted octanol–water partition coefficient (Wildman–Crippen LogP) is 3.62. The number of anilines is 1. The highest BCUT2D eigenvalue weighted by molar-refractivity contribution is 9.10. The largest absolute Gasteiger partial charge is 0.398 e. The summed E-state index contributed by atoms with van der Waals surface area (Å²) < 4.78 is 38.8. The summed E-state index contributed by atoms with van der Waals surface area (Å²) >= 11 is 3.28. The lowest BCUT2D eigenvalue weighted by atomic mass is 10.2. The van der Waals surface area contributed by atoms with Gasteiger partial charge in [-0.05, 0) is 35.9 Å². The second-order valence-corrected chi connectivity index (χ2v) is 6.28. The quantitative estimate of drug-likeness (QED) is 0.863. The topological polar surface area (TPSA) is 43.1 Å². The molecular formula is C13H10BrF2NOS. The van der Waals surface area contributed by atoms with Gasteiger partial charge in [0.15, 0.2) is 11.6 Å². The van der Waals surface area contributed by atoms with Crippen molar-refractivity contribution in [3.63, 3.8) is 0 Å². The maximum atomic E-state index is 13.1. The molecule has 1 unspecified atom stereocenters. The first-order valence-corrected chi connectivity index (χ1v) is 7.46. The van der Waals surface area contributed by atoms with Crippen LogP contribution in [0, 0.1) is 11.6 Å². The van der Waals surface area contributed by atoms with E-state index in [2.05, 4.69) is 15.9 Å². The molecular weight excluding hydrogens is 336 g/mol. The fourth-order valence-electron chi connectivity index (χ4n) is 1.54. The van der Waals surface area contributed by atoms with Crippen molar-refractivity contribution in [2.24, 2.45) is 0 Å². The summed E-state index contributed by atoms with van der Waals surface area (Å²) in [6, 6.07) is 8.46. The van der Waals surface area contributed by atoms with Gasteiger partial charge in [0, 0.05) is 15.1 Å². The standard InChI is InChI=1S/C13H10BrF2NOS/c14-9-2-1-8(13(17)5-9)7-19(18)10-3-4-11(15)12(16)6-10/h1-6H,7,17H2. The van der Waals surface area contributed by atoms with Gasteiger partial charge in [-0.3, -0.25) is 4.21 Å². The zero-order chi connectivity index (χ0) is 14.0. The molecule has 1 atom stereocenters. The van der Waals surface area contributed by atoms with Crippen molar-refractivity contribution >= 4 is 32.4 Å². The third kappa shape index (κ3) is 3.39. The Kier molecular flexibility index (Phi) is 4.31. The SMILES string of the molecule is Nc1cc(Br)ccc1CS(=O)c1ccc(F)c(F)c1. The molecule has 2 nitrogen and oxygen atoms in total. The second-order valence-electron chi connectivity index (χ2n) is 3.91. The van der Waals surface area contributed by atoms with E-state index >= 15 is 0 Å². The lowest BCUT2D eigenvalue weighted by Gasteiger charge is -2.07. The van der Waals surface area contributed by atoms with E-state index < -0.39 is 22.4 Å². The van der Waals surface area contributed by atoms with E-state index in [1.807, 2.05) is 0 Å². The minimum absolute atomic E-state index is 0.157. The Labute approximate surface area is 120 Å². The number of rotatable bonds is 3. The molecule has 2 aromatic rings. The number of halogens is 3. The van der Waals surface area contributed by atoms with Crippen LogP contribution in [-0.2, 0) is 16.6 Å². The van der Waals surface area contributed by atoms with Crippen LogP contribution in [-0.4, -0.2) is 4.21 Å². The van der Waals surface area contributed by atoms with Crippen LogP contribution in [0.2, 0.25) is 0 Å². The minimum Gasteiger partial charge on any atom is -0.398 e. The molecule has 0 saturated carbocycles. The highest BCUT2D eigenvalue weighted by Gasteiger charge is 2.11. The number of hydrogen-bond donors (Lipinski definition) is 1. The summed E-state index contributed by atoms with van der Waals surface area (Å²) in [7, 11) is -1.47. The summed E-state index contributed by atoms with van der Waals surface area (Å²) in [5.74, 6) is -1.80. The van der Waals surface area contributed by atoms with E-state index in [1.165, 1.54) is 6.07 Å². The Morgan fingerprint density at radius 3 is 2.47 bits per heavy atom. The first-order chi connectivity index (χ1) is 8.97.